The molecule has 0 bridgehead atoms. The molecule has 5 heterocycles. The fourth-order valence-electron chi connectivity index (χ4n) is 7.62. The number of rotatable bonds is 6. The van der Waals surface area contributed by atoms with Gasteiger partial charge in [0.2, 0.25) is 0 Å². The molecule has 260 valence electrons. The lowest BCUT2D eigenvalue weighted by Crippen LogP contribution is -1.93. The van der Waals surface area contributed by atoms with Crippen LogP contribution in [0.1, 0.15) is 5.56 Å². The molecule has 6 nitrogen and oxygen atoms in total. The Morgan fingerprint density at radius 1 is 0.375 bits per heavy atom. The number of pyridine rings is 5. The highest BCUT2D eigenvalue weighted by Crippen LogP contribution is 2.42. The summed E-state index contributed by atoms with van der Waals surface area (Å²) in [5.74, 6) is 0. The molecule has 0 spiro atoms. The van der Waals surface area contributed by atoms with Crippen molar-refractivity contribution in [3.8, 4) is 73.1 Å². The standard InChI is InChI=1S/C50H30N6/c51-30-32-10-12-33(13-11-32)34-14-16-35(17-15-34)43-28-45-42-9-4-22-55-50(42)44(29-46(45)41-8-3-21-54-49(41)43)38-6-1-5-37(25-38)40-26-47(36-18-23-52-24-19-36)56-48(27-40)39-7-2-20-53-31-39/h1-29,31H. The number of fused-ring (bicyclic) bond motifs is 5. The van der Waals surface area contributed by atoms with E-state index >= 15 is 0 Å². The minimum Gasteiger partial charge on any atom is -0.265 e. The topological polar surface area (TPSA) is 88.2 Å². The summed E-state index contributed by atoms with van der Waals surface area (Å²) in [6.45, 7) is 0. The Morgan fingerprint density at radius 2 is 0.946 bits per heavy atom. The van der Waals surface area contributed by atoms with Gasteiger partial charge in [0.1, 0.15) is 0 Å². The van der Waals surface area contributed by atoms with E-state index in [1.54, 1.807) is 18.6 Å². The number of benzene rings is 5. The molecule has 0 aliphatic carbocycles. The molecule has 0 aliphatic rings. The van der Waals surface area contributed by atoms with Crippen LogP contribution in [0.25, 0.3) is 99.6 Å². The van der Waals surface area contributed by atoms with Crippen LogP contribution in [0.4, 0.5) is 0 Å². The van der Waals surface area contributed by atoms with Crippen LogP contribution < -0.4 is 0 Å². The largest absolute Gasteiger partial charge is 0.265 e. The third-order valence-corrected chi connectivity index (χ3v) is 10.4. The first-order chi connectivity index (χ1) is 27.7. The van der Waals surface area contributed by atoms with Crippen molar-refractivity contribution in [2.24, 2.45) is 0 Å². The molecule has 0 radical (unpaired) electrons. The monoisotopic (exact) mass is 714 g/mol. The molecule has 5 aromatic heterocycles. The normalized spacial score (nSPS) is 11.2. The van der Waals surface area contributed by atoms with E-state index in [-0.39, 0.29) is 0 Å². The number of nitriles is 1. The second-order valence-corrected chi connectivity index (χ2v) is 13.7. The fraction of sp³-hybridized carbons (Fsp3) is 0. The van der Waals surface area contributed by atoms with Crippen molar-refractivity contribution in [3.63, 3.8) is 0 Å². The summed E-state index contributed by atoms with van der Waals surface area (Å²) >= 11 is 0. The molecule has 0 saturated carbocycles. The Kier molecular flexibility index (Phi) is 8.09. The highest BCUT2D eigenvalue weighted by molar-refractivity contribution is 6.22. The van der Waals surface area contributed by atoms with Crippen LogP contribution >= 0.6 is 0 Å². The fourth-order valence-corrected chi connectivity index (χ4v) is 7.62. The van der Waals surface area contributed by atoms with E-state index in [0.717, 1.165) is 99.6 Å². The van der Waals surface area contributed by atoms with Crippen molar-refractivity contribution < 1.29 is 0 Å². The van der Waals surface area contributed by atoms with Crippen LogP contribution in [-0.4, -0.2) is 24.9 Å². The number of nitrogens with zero attached hydrogens (tertiary/aromatic N) is 6. The summed E-state index contributed by atoms with van der Waals surface area (Å²) in [7, 11) is 0. The molecule has 56 heavy (non-hydrogen) atoms. The van der Waals surface area contributed by atoms with Crippen molar-refractivity contribution in [3.05, 3.63) is 188 Å². The molecule has 5 aromatic carbocycles. The Hall–Kier alpha value is -7.88. The summed E-state index contributed by atoms with van der Waals surface area (Å²) in [6, 6.07) is 52.3. The van der Waals surface area contributed by atoms with Gasteiger partial charge in [0.15, 0.2) is 0 Å². The summed E-state index contributed by atoms with van der Waals surface area (Å²) in [4.78, 5) is 23.6. The second kappa shape index (κ2) is 13.8. The van der Waals surface area contributed by atoms with Crippen molar-refractivity contribution in [2.75, 3.05) is 0 Å². The second-order valence-electron chi connectivity index (χ2n) is 13.7. The van der Waals surface area contributed by atoms with Crippen LogP contribution in [0.3, 0.4) is 0 Å². The molecule has 10 rings (SSSR count). The van der Waals surface area contributed by atoms with E-state index in [4.69, 9.17) is 15.0 Å². The SMILES string of the molecule is N#Cc1ccc(-c2ccc(-c3cc4c5cccnc5c(-c5cccc(-c6cc(-c7ccncc7)nc(-c7cccnc7)c6)c5)cc4c4cccnc34)cc2)cc1. The molecule has 0 aliphatic heterocycles. The Morgan fingerprint density at radius 3 is 1.59 bits per heavy atom. The highest BCUT2D eigenvalue weighted by atomic mass is 14.7. The number of aromatic nitrogens is 5. The van der Waals surface area contributed by atoms with Gasteiger partial charge in [-0.3, -0.25) is 19.9 Å². The van der Waals surface area contributed by atoms with Crippen LogP contribution in [-0.2, 0) is 0 Å². The van der Waals surface area contributed by atoms with Crippen molar-refractivity contribution in [1.29, 1.82) is 5.26 Å². The first kappa shape index (κ1) is 32.7. The van der Waals surface area contributed by atoms with Gasteiger partial charge in [0.25, 0.3) is 0 Å². The van der Waals surface area contributed by atoms with Crippen LogP contribution in [0.5, 0.6) is 0 Å². The molecule has 0 N–H and O–H groups in total. The summed E-state index contributed by atoms with van der Waals surface area (Å²) in [5.41, 5.74) is 14.7. The Bertz CT molecular complexity index is 3060. The maximum Gasteiger partial charge on any atom is 0.0991 e. The molecule has 6 heteroatoms. The molecule has 0 amide bonds. The third kappa shape index (κ3) is 5.90. The quantitative estimate of drug-likeness (QED) is 0.159. The van der Waals surface area contributed by atoms with Gasteiger partial charge in [0, 0.05) is 70.2 Å². The Balaban J connectivity index is 1.12. The van der Waals surface area contributed by atoms with Crippen molar-refractivity contribution >= 4 is 32.6 Å². The smallest absolute Gasteiger partial charge is 0.0991 e. The van der Waals surface area contributed by atoms with Crippen LogP contribution in [0, 0.1) is 11.3 Å². The minimum absolute atomic E-state index is 0.649. The van der Waals surface area contributed by atoms with E-state index in [2.05, 4.69) is 101 Å². The average molecular weight is 715 g/mol. The van der Waals surface area contributed by atoms with Gasteiger partial charge in [-0.25, -0.2) is 4.98 Å². The zero-order valence-corrected chi connectivity index (χ0v) is 30.0. The van der Waals surface area contributed by atoms with Gasteiger partial charge in [-0.1, -0.05) is 66.7 Å². The minimum atomic E-state index is 0.649. The highest BCUT2D eigenvalue weighted by Gasteiger charge is 2.17. The maximum absolute atomic E-state index is 9.23. The molecule has 10 aromatic rings. The molecule has 0 atom stereocenters. The van der Waals surface area contributed by atoms with Gasteiger partial charge in [-0.05, 0) is 123 Å². The lowest BCUT2D eigenvalue weighted by atomic mass is 9.90. The molecule has 0 fully saturated rings. The first-order valence-electron chi connectivity index (χ1n) is 18.3. The van der Waals surface area contributed by atoms with E-state index in [0.29, 0.717) is 5.56 Å². The van der Waals surface area contributed by atoms with E-state index in [1.165, 1.54) is 0 Å². The third-order valence-electron chi connectivity index (χ3n) is 10.4. The van der Waals surface area contributed by atoms with E-state index in [1.807, 2.05) is 79.3 Å². The predicted molar refractivity (Wildman–Crippen MR) is 225 cm³/mol. The first-order valence-corrected chi connectivity index (χ1v) is 18.3. The van der Waals surface area contributed by atoms with Gasteiger partial charge >= 0.3 is 0 Å². The number of hydrogen-bond donors (Lipinski definition) is 0. The molecular weight excluding hydrogens is 685 g/mol. The van der Waals surface area contributed by atoms with Gasteiger partial charge in [-0.2, -0.15) is 5.26 Å². The molecule has 0 saturated heterocycles. The molecular formula is C50H30N6. The van der Waals surface area contributed by atoms with Crippen molar-refractivity contribution in [1.82, 2.24) is 24.9 Å². The van der Waals surface area contributed by atoms with Gasteiger partial charge < -0.3 is 0 Å². The van der Waals surface area contributed by atoms with Gasteiger partial charge in [-0.15, -0.1) is 0 Å². The Labute approximate surface area is 323 Å². The number of hydrogen-bond acceptors (Lipinski definition) is 6. The zero-order chi connectivity index (χ0) is 37.4. The molecule has 0 unspecified atom stereocenters. The summed E-state index contributed by atoms with van der Waals surface area (Å²) in [5, 5.41) is 13.6. The summed E-state index contributed by atoms with van der Waals surface area (Å²) in [6.07, 6.45) is 11.0. The zero-order valence-electron chi connectivity index (χ0n) is 30.0. The summed E-state index contributed by atoms with van der Waals surface area (Å²) < 4.78 is 0. The van der Waals surface area contributed by atoms with Crippen LogP contribution in [0.2, 0.25) is 0 Å². The van der Waals surface area contributed by atoms with Crippen molar-refractivity contribution in [2.45, 2.75) is 0 Å². The lowest BCUT2D eigenvalue weighted by molar-refractivity contribution is 1.27. The van der Waals surface area contributed by atoms with E-state index in [9.17, 15) is 5.26 Å². The van der Waals surface area contributed by atoms with Gasteiger partial charge in [0.05, 0.1) is 34.1 Å². The van der Waals surface area contributed by atoms with E-state index < -0.39 is 0 Å². The predicted octanol–water partition coefficient (Wildman–Crippen LogP) is 12.0. The average Bonchev–Trinajstić information content (AvgIpc) is 3.29. The lowest BCUT2D eigenvalue weighted by Gasteiger charge is -2.16. The van der Waals surface area contributed by atoms with Crippen LogP contribution in [0.15, 0.2) is 183 Å². The maximum atomic E-state index is 9.23.